The fourth-order valence-corrected chi connectivity index (χ4v) is 1.52. The number of ether oxygens (including phenoxy) is 3. The molecular weight excluding hydrogens is 232 g/mol. The van der Waals surface area contributed by atoms with Gasteiger partial charge in [0.15, 0.2) is 11.5 Å². The Bertz CT molecular complexity index is 363. The maximum Gasteiger partial charge on any atom is 0.161 e. The third kappa shape index (κ3) is 4.75. The van der Waals surface area contributed by atoms with Crippen LogP contribution in [0, 0.1) is 0 Å². The van der Waals surface area contributed by atoms with E-state index in [-0.39, 0.29) is 0 Å². The van der Waals surface area contributed by atoms with Gasteiger partial charge in [-0.15, -0.1) is 0 Å². The molecule has 1 aromatic rings. The van der Waals surface area contributed by atoms with E-state index in [0.29, 0.717) is 30.3 Å². The Morgan fingerprint density at radius 3 is 2.56 bits per heavy atom. The maximum absolute atomic E-state index is 10.7. The van der Waals surface area contributed by atoms with E-state index in [1.165, 1.54) is 0 Å². The number of rotatable bonds is 9. The van der Waals surface area contributed by atoms with Crippen LogP contribution in [-0.4, -0.2) is 33.2 Å². The molecule has 0 aliphatic heterocycles. The van der Waals surface area contributed by atoms with Crippen LogP contribution in [-0.2, 0) is 4.74 Å². The van der Waals surface area contributed by atoms with E-state index < -0.39 is 0 Å². The molecule has 0 fully saturated rings. The average Bonchev–Trinajstić information content (AvgIpc) is 2.40. The molecular formula is C14H20O4. The van der Waals surface area contributed by atoms with Crippen molar-refractivity contribution in [2.24, 2.45) is 0 Å². The van der Waals surface area contributed by atoms with Gasteiger partial charge in [-0.1, -0.05) is 0 Å². The summed E-state index contributed by atoms with van der Waals surface area (Å²) in [6.45, 7) is 3.80. The predicted octanol–water partition coefficient (Wildman–Crippen LogP) is 2.70. The molecule has 0 bridgehead atoms. The molecule has 0 saturated carbocycles. The Hall–Kier alpha value is -1.55. The van der Waals surface area contributed by atoms with Gasteiger partial charge in [-0.25, -0.2) is 0 Å². The molecule has 0 aromatic heterocycles. The topological polar surface area (TPSA) is 44.8 Å². The number of carbonyl (C=O) groups is 1. The summed E-state index contributed by atoms with van der Waals surface area (Å²) in [7, 11) is 1.69. The first-order valence-corrected chi connectivity index (χ1v) is 6.15. The molecule has 1 aromatic carbocycles. The van der Waals surface area contributed by atoms with Crippen LogP contribution in [0.5, 0.6) is 11.5 Å². The minimum absolute atomic E-state index is 0.544. The number of unbranched alkanes of at least 4 members (excludes halogenated alkanes) is 1. The molecule has 0 aliphatic rings. The molecule has 4 nitrogen and oxygen atoms in total. The fourth-order valence-electron chi connectivity index (χ4n) is 1.52. The Morgan fingerprint density at radius 2 is 1.89 bits per heavy atom. The predicted molar refractivity (Wildman–Crippen MR) is 69.6 cm³/mol. The molecule has 4 heteroatoms. The summed E-state index contributed by atoms with van der Waals surface area (Å²) < 4.78 is 16.1. The summed E-state index contributed by atoms with van der Waals surface area (Å²) in [6, 6.07) is 5.19. The molecule has 0 unspecified atom stereocenters. The highest BCUT2D eigenvalue weighted by Gasteiger charge is 2.06. The lowest BCUT2D eigenvalue weighted by atomic mass is 10.2. The van der Waals surface area contributed by atoms with Gasteiger partial charge in [0.25, 0.3) is 0 Å². The molecule has 1 rings (SSSR count). The largest absolute Gasteiger partial charge is 0.490 e. The van der Waals surface area contributed by atoms with E-state index in [1.54, 1.807) is 25.3 Å². The normalized spacial score (nSPS) is 10.1. The molecule has 0 amide bonds. The third-order valence-electron chi connectivity index (χ3n) is 2.40. The van der Waals surface area contributed by atoms with Crippen molar-refractivity contribution in [3.8, 4) is 11.5 Å². The highest BCUT2D eigenvalue weighted by molar-refractivity contribution is 5.76. The molecule has 0 spiro atoms. The van der Waals surface area contributed by atoms with Gasteiger partial charge < -0.3 is 14.2 Å². The standard InChI is InChI=1S/C14H20O4/c1-3-17-14-10-12(11-15)6-7-13(14)18-9-5-4-8-16-2/h6-7,10-11H,3-5,8-9H2,1-2H3. The monoisotopic (exact) mass is 252 g/mol. The van der Waals surface area contributed by atoms with Crippen molar-refractivity contribution in [3.05, 3.63) is 23.8 Å². The van der Waals surface area contributed by atoms with Gasteiger partial charge in [0.2, 0.25) is 0 Å². The maximum atomic E-state index is 10.7. The van der Waals surface area contributed by atoms with Gasteiger partial charge in [-0.2, -0.15) is 0 Å². The molecule has 0 aliphatic carbocycles. The van der Waals surface area contributed by atoms with Crippen molar-refractivity contribution in [1.82, 2.24) is 0 Å². The summed E-state index contributed by atoms with van der Waals surface area (Å²) in [5, 5.41) is 0. The van der Waals surface area contributed by atoms with E-state index in [4.69, 9.17) is 14.2 Å². The quantitative estimate of drug-likeness (QED) is 0.500. The third-order valence-corrected chi connectivity index (χ3v) is 2.40. The lowest BCUT2D eigenvalue weighted by Gasteiger charge is -2.12. The highest BCUT2D eigenvalue weighted by atomic mass is 16.5. The number of hydrogen-bond donors (Lipinski definition) is 0. The average molecular weight is 252 g/mol. The van der Waals surface area contributed by atoms with Gasteiger partial charge in [-0.05, 0) is 38.0 Å². The van der Waals surface area contributed by atoms with Crippen LogP contribution in [0.4, 0.5) is 0 Å². The second-order valence-corrected chi connectivity index (χ2v) is 3.81. The summed E-state index contributed by atoms with van der Waals surface area (Å²) in [4.78, 5) is 10.7. The summed E-state index contributed by atoms with van der Waals surface area (Å²) >= 11 is 0. The zero-order chi connectivity index (χ0) is 13.2. The Balaban J connectivity index is 2.54. The second kappa shape index (κ2) is 8.53. The molecule has 0 radical (unpaired) electrons. The van der Waals surface area contributed by atoms with Crippen molar-refractivity contribution in [2.75, 3.05) is 26.9 Å². The Labute approximate surface area is 108 Å². The lowest BCUT2D eigenvalue weighted by Crippen LogP contribution is -2.02. The number of aldehydes is 1. The van der Waals surface area contributed by atoms with Crippen LogP contribution in [0.2, 0.25) is 0 Å². The summed E-state index contributed by atoms with van der Waals surface area (Å²) in [5.41, 5.74) is 0.588. The number of methoxy groups -OCH3 is 1. The van der Waals surface area contributed by atoms with Crippen LogP contribution < -0.4 is 9.47 Å². The van der Waals surface area contributed by atoms with Gasteiger partial charge in [-0.3, -0.25) is 4.79 Å². The van der Waals surface area contributed by atoms with Crippen LogP contribution in [0.1, 0.15) is 30.1 Å². The molecule has 0 saturated heterocycles. The number of hydrogen-bond acceptors (Lipinski definition) is 4. The number of carbonyl (C=O) groups excluding carboxylic acids is 1. The lowest BCUT2D eigenvalue weighted by molar-refractivity contribution is 0.112. The number of benzene rings is 1. The SMILES string of the molecule is CCOc1cc(C=O)ccc1OCCCCOC. The van der Waals surface area contributed by atoms with Crippen LogP contribution in [0.3, 0.4) is 0 Å². The van der Waals surface area contributed by atoms with E-state index in [1.807, 2.05) is 6.92 Å². The Kier molecular flexibility index (Phi) is 6.87. The fraction of sp³-hybridized carbons (Fsp3) is 0.500. The van der Waals surface area contributed by atoms with Crippen molar-refractivity contribution in [1.29, 1.82) is 0 Å². The molecule has 0 N–H and O–H groups in total. The Morgan fingerprint density at radius 1 is 1.11 bits per heavy atom. The van der Waals surface area contributed by atoms with Gasteiger partial charge in [0, 0.05) is 19.3 Å². The molecule has 100 valence electrons. The zero-order valence-electron chi connectivity index (χ0n) is 11.0. The summed E-state index contributed by atoms with van der Waals surface area (Å²) in [6.07, 6.45) is 2.69. The van der Waals surface area contributed by atoms with Crippen LogP contribution in [0.15, 0.2) is 18.2 Å². The first kappa shape index (κ1) is 14.5. The van der Waals surface area contributed by atoms with E-state index in [0.717, 1.165) is 25.7 Å². The van der Waals surface area contributed by atoms with Crippen molar-refractivity contribution in [2.45, 2.75) is 19.8 Å². The van der Waals surface area contributed by atoms with Gasteiger partial charge in [0.1, 0.15) is 6.29 Å². The van der Waals surface area contributed by atoms with E-state index in [9.17, 15) is 4.79 Å². The molecule has 18 heavy (non-hydrogen) atoms. The second-order valence-electron chi connectivity index (χ2n) is 3.81. The van der Waals surface area contributed by atoms with Gasteiger partial charge >= 0.3 is 0 Å². The van der Waals surface area contributed by atoms with Crippen LogP contribution in [0.25, 0.3) is 0 Å². The van der Waals surface area contributed by atoms with Crippen LogP contribution >= 0.6 is 0 Å². The smallest absolute Gasteiger partial charge is 0.161 e. The van der Waals surface area contributed by atoms with Crippen molar-refractivity contribution in [3.63, 3.8) is 0 Å². The van der Waals surface area contributed by atoms with Crippen molar-refractivity contribution < 1.29 is 19.0 Å². The minimum atomic E-state index is 0.544. The molecule has 0 atom stereocenters. The van der Waals surface area contributed by atoms with Crippen molar-refractivity contribution >= 4 is 6.29 Å². The summed E-state index contributed by atoms with van der Waals surface area (Å²) in [5.74, 6) is 1.30. The van der Waals surface area contributed by atoms with Gasteiger partial charge in [0.05, 0.1) is 13.2 Å². The minimum Gasteiger partial charge on any atom is -0.490 e. The first-order chi connectivity index (χ1) is 8.81. The first-order valence-electron chi connectivity index (χ1n) is 6.15. The molecule has 0 heterocycles. The zero-order valence-corrected chi connectivity index (χ0v) is 11.0. The van der Waals surface area contributed by atoms with E-state index in [2.05, 4.69) is 0 Å². The van der Waals surface area contributed by atoms with E-state index >= 15 is 0 Å². The highest BCUT2D eigenvalue weighted by Crippen LogP contribution is 2.28.